The average molecular weight is 505 g/mol. The number of hydrogen-bond donors (Lipinski definition) is 3. The van der Waals surface area contributed by atoms with Crippen LogP contribution in [0.5, 0.6) is 0 Å². The number of anilines is 1. The van der Waals surface area contributed by atoms with Gasteiger partial charge in [0.05, 0.1) is 19.1 Å². The first-order valence-electron chi connectivity index (χ1n) is 10.6. The second-order valence-corrected chi connectivity index (χ2v) is 6.69. The monoisotopic (exact) mass is 505 g/mol. The van der Waals surface area contributed by atoms with E-state index < -0.39 is 0 Å². The first-order chi connectivity index (χ1) is 14.5. The van der Waals surface area contributed by atoms with Gasteiger partial charge in [0.1, 0.15) is 11.4 Å². The number of H-pyrrole nitrogens is 2. The maximum atomic E-state index is 12.9. The molecule has 32 heavy (non-hydrogen) atoms. The maximum absolute atomic E-state index is 12.9. The Morgan fingerprint density at radius 2 is 1.69 bits per heavy atom. The summed E-state index contributed by atoms with van der Waals surface area (Å²) in [6.07, 6.45) is 0. The van der Waals surface area contributed by atoms with E-state index in [0.717, 1.165) is 21.9 Å². The summed E-state index contributed by atoms with van der Waals surface area (Å²) in [4.78, 5) is 23.6. The summed E-state index contributed by atoms with van der Waals surface area (Å²) < 4.78 is 0. The molecule has 0 spiro atoms. The second-order valence-electron chi connectivity index (χ2n) is 6.69. The van der Waals surface area contributed by atoms with Crippen molar-refractivity contribution in [3.05, 3.63) is 66.3 Å². The Balaban J connectivity index is 0.00000152. The van der Waals surface area contributed by atoms with Crippen LogP contribution in [0.3, 0.4) is 0 Å². The molecule has 167 valence electrons. The molecule has 4 rings (SSSR count). The van der Waals surface area contributed by atoms with Crippen LogP contribution in [0, 0.1) is 19.4 Å². The van der Waals surface area contributed by atoms with E-state index in [9.17, 15) is 4.79 Å². The quantitative estimate of drug-likeness (QED) is 0.238. The van der Waals surface area contributed by atoms with E-state index in [1.54, 1.807) is 6.07 Å². The third kappa shape index (κ3) is 6.55. The number of rotatable bonds is 4. The molecule has 2 aromatic carbocycles. The molecule has 2 heterocycles. The largest absolute Gasteiger partial charge is 0.390 e. The number of para-hydroxylation sites is 1. The molecule has 7 heteroatoms. The van der Waals surface area contributed by atoms with Gasteiger partial charge in [-0.2, -0.15) is 12.1 Å². The van der Waals surface area contributed by atoms with Crippen LogP contribution in [0.15, 0.2) is 47.3 Å². The van der Waals surface area contributed by atoms with Gasteiger partial charge in [-0.05, 0) is 29.0 Å². The molecule has 0 aliphatic heterocycles. The molecule has 4 aromatic rings. The Morgan fingerprint density at radius 3 is 2.31 bits per heavy atom. The van der Waals surface area contributed by atoms with Gasteiger partial charge in [0.2, 0.25) is 0 Å². The van der Waals surface area contributed by atoms with E-state index in [4.69, 9.17) is 7.85 Å². The molecule has 2 aromatic heterocycles. The van der Waals surface area contributed by atoms with Gasteiger partial charge in [0.15, 0.2) is 0 Å². The predicted octanol–water partition coefficient (Wildman–Crippen LogP) is 5.93. The van der Waals surface area contributed by atoms with Gasteiger partial charge in [-0.1, -0.05) is 59.7 Å². The van der Waals surface area contributed by atoms with Crippen molar-refractivity contribution in [3.8, 4) is 11.4 Å². The second kappa shape index (κ2) is 14.3. The zero-order valence-electron chi connectivity index (χ0n) is 20.2. The van der Waals surface area contributed by atoms with Crippen molar-refractivity contribution >= 4 is 35.5 Å². The van der Waals surface area contributed by atoms with Crippen molar-refractivity contribution in [2.75, 3.05) is 5.32 Å². The number of aromatic nitrogens is 3. The molecule has 1 unspecified atom stereocenters. The normalized spacial score (nSPS) is 10.7. The Bertz CT molecular complexity index is 1120. The van der Waals surface area contributed by atoms with Gasteiger partial charge in [-0.15, -0.1) is 12.1 Å². The molecule has 0 aliphatic carbocycles. The van der Waals surface area contributed by atoms with Crippen LogP contribution in [0.2, 0.25) is 0 Å². The Labute approximate surface area is 218 Å². The van der Waals surface area contributed by atoms with Crippen LogP contribution < -0.4 is 10.9 Å². The molecule has 1 atom stereocenters. The zero-order chi connectivity index (χ0) is 22.3. The minimum absolute atomic E-state index is 0. The van der Waals surface area contributed by atoms with E-state index in [0.29, 0.717) is 17.1 Å². The summed E-state index contributed by atoms with van der Waals surface area (Å²) in [5.41, 5.74) is 3.29. The van der Waals surface area contributed by atoms with Crippen molar-refractivity contribution in [1.29, 1.82) is 0 Å². The van der Waals surface area contributed by atoms with Crippen molar-refractivity contribution < 1.29 is 32.7 Å². The molecule has 3 radical (unpaired) electrons. The summed E-state index contributed by atoms with van der Waals surface area (Å²) in [6, 6.07) is 16.1. The maximum Gasteiger partial charge on any atom is 0.261 e. The summed E-state index contributed by atoms with van der Waals surface area (Å²) in [6.45, 7) is 12.1. The van der Waals surface area contributed by atoms with Crippen LogP contribution in [0.25, 0.3) is 33.3 Å². The molecule has 0 saturated carbocycles. The third-order valence-electron chi connectivity index (χ3n) is 4.52. The van der Waals surface area contributed by atoms with Crippen LogP contribution >= 0.6 is 0 Å². The molecular formula is C25H33BN4OY-2. The van der Waals surface area contributed by atoms with Crippen molar-refractivity contribution in [2.45, 2.75) is 47.5 Å². The van der Waals surface area contributed by atoms with Crippen LogP contribution in [-0.2, 0) is 32.7 Å². The minimum atomic E-state index is -0.295. The van der Waals surface area contributed by atoms with Crippen molar-refractivity contribution in [1.82, 2.24) is 15.0 Å². The number of nitrogens with zero attached hydrogens (tertiary/aromatic N) is 1. The summed E-state index contributed by atoms with van der Waals surface area (Å²) in [5, 5.41) is 4.22. The smallest absolute Gasteiger partial charge is 0.261 e. The topological polar surface area (TPSA) is 73.6 Å². The van der Waals surface area contributed by atoms with Crippen molar-refractivity contribution in [2.24, 2.45) is 5.92 Å². The molecule has 5 nitrogen and oxygen atoms in total. The number of pyridine rings is 1. The first kappa shape index (κ1) is 30.1. The SMILES string of the molecule is CC.CC.[B]C(Nc1c(-c2nc3c[c-]ccc3[nH]2)c(=O)[nH]c2ccccc12)C(C)C.[CH3-].[Y]. The molecule has 0 aliphatic rings. The number of fused-ring (bicyclic) bond motifs is 2. The van der Waals surface area contributed by atoms with Gasteiger partial charge < -0.3 is 22.7 Å². The number of nitrogens with one attached hydrogen (secondary N) is 3. The fourth-order valence-corrected chi connectivity index (χ4v) is 2.97. The van der Waals surface area contributed by atoms with Crippen LogP contribution in [0.4, 0.5) is 5.69 Å². The number of aromatic amines is 2. The fraction of sp³-hybridized carbons (Fsp3) is 0.320. The molecule has 0 saturated heterocycles. The fourth-order valence-electron chi connectivity index (χ4n) is 2.97. The number of imidazole rings is 1. The molecule has 0 fully saturated rings. The van der Waals surface area contributed by atoms with Crippen molar-refractivity contribution in [3.63, 3.8) is 0 Å². The van der Waals surface area contributed by atoms with Crippen LogP contribution in [0.1, 0.15) is 41.5 Å². The molecule has 0 bridgehead atoms. The number of hydrogen-bond acceptors (Lipinski definition) is 3. The molecule has 0 amide bonds. The first-order valence-corrected chi connectivity index (χ1v) is 10.6. The molecule has 3 N–H and O–H groups in total. The standard InChI is InChI=1S/C20H18BN4O.2C2H6.CH3.Y/c1-11(2)18(21)25-17-12-7-3-4-8-13(12)24-20(26)16(17)19-22-14-9-5-6-10-15(14)23-19;2*1-2;;/h3-5,7-11,18H,1-2H3,(H,22,23)(H2,24,25,26);2*1-2H3;1H3;/q-1;;;-1;. The summed E-state index contributed by atoms with van der Waals surface area (Å²) in [7, 11) is 6.25. The van der Waals surface area contributed by atoms with E-state index in [-0.39, 0.29) is 57.6 Å². The van der Waals surface area contributed by atoms with Gasteiger partial charge >= 0.3 is 0 Å². The van der Waals surface area contributed by atoms with E-state index in [1.807, 2.05) is 77.9 Å². The summed E-state index contributed by atoms with van der Waals surface area (Å²) in [5.74, 6) is 0.410. The Morgan fingerprint density at radius 1 is 1.03 bits per heavy atom. The van der Waals surface area contributed by atoms with Crippen LogP contribution in [-0.4, -0.2) is 28.7 Å². The van der Waals surface area contributed by atoms with Gasteiger partial charge in [-0.3, -0.25) is 9.78 Å². The third-order valence-corrected chi connectivity index (χ3v) is 4.52. The van der Waals surface area contributed by atoms with E-state index in [2.05, 4.69) is 26.3 Å². The number of benzene rings is 2. The predicted molar refractivity (Wildman–Crippen MR) is 136 cm³/mol. The zero-order valence-corrected chi connectivity index (χ0v) is 23.0. The van der Waals surface area contributed by atoms with E-state index >= 15 is 0 Å². The van der Waals surface area contributed by atoms with E-state index in [1.165, 1.54) is 0 Å². The average Bonchev–Trinajstić information content (AvgIpc) is 3.20. The molecular weight excluding hydrogens is 472 g/mol. The van der Waals surface area contributed by atoms with Gasteiger partial charge in [-0.25, -0.2) is 0 Å². The van der Waals surface area contributed by atoms with Gasteiger partial charge in [0, 0.05) is 38.1 Å². The Hall–Kier alpha value is -1.91. The minimum Gasteiger partial charge on any atom is -0.390 e. The Kier molecular flexibility index (Phi) is 13.4. The summed E-state index contributed by atoms with van der Waals surface area (Å²) >= 11 is 0. The van der Waals surface area contributed by atoms with Gasteiger partial charge in [0.25, 0.3) is 5.56 Å².